The lowest BCUT2D eigenvalue weighted by molar-refractivity contribution is -0.145. The average Bonchev–Trinajstić information content (AvgIpc) is 2.41. The summed E-state index contributed by atoms with van der Waals surface area (Å²) in [6, 6.07) is 7.05. The molecular weight excluding hydrogens is 242 g/mol. The summed E-state index contributed by atoms with van der Waals surface area (Å²) in [7, 11) is 1.64. The first-order valence-corrected chi connectivity index (χ1v) is 6.14. The van der Waals surface area contributed by atoms with E-state index in [2.05, 4.69) is 11.2 Å². The van der Waals surface area contributed by atoms with Crippen molar-refractivity contribution < 1.29 is 14.3 Å². The molecule has 0 spiro atoms. The van der Waals surface area contributed by atoms with Crippen molar-refractivity contribution in [1.29, 1.82) is 0 Å². The number of methoxy groups -OCH3 is 1. The van der Waals surface area contributed by atoms with Crippen LogP contribution in [0.2, 0.25) is 0 Å². The molecule has 0 aliphatic heterocycles. The minimum absolute atomic E-state index is 0.309. The molecule has 19 heavy (non-hydrogen) atoms. The van der Waals surface area contributed by atoms with Crippen LogP contribution < -0.4 is 5.32 Å². The molecule has 0 bridgehead atoms. The van der Waals surface area contributed by atoms with Gasteiger partial charge in [0.25, 0.3) is 0 Å². The maximum absolute atomic E-state index is 11.9. The Morgan fingerprint density at radius 3 is 2.63 bits per heavy atom. The third-order valence-corrected chi connectivity index (χ3v) is 2.55. The van der Waals surface area contributed by atoms with E-state index in [9.17, 15) is 4.79 Å². The highest BCUT2D eigenvalue weighted by Crippen LogP contribution is 2.16. The van der Waals surface area contributed by atoms with Crippen molar-refractivity contribution in [3.8, 4) is 12.3 Å². The molecule has 4 heteroatoms. The summed E-state index contributed by atoms with van der Waals surface area (Å²) in [5.41, 5.74) is 1.87. The number of terminal acetylenes is 1. The summed E-state index contributed by atoms with van der Waals surface area (Å²) >= 11 is 0. The van der Waals surface area contributed by atoms with E-state index in [4.69, 9.17) is 15.9 Å². The fraction of sp³-hybridized carbons (Fsp3) is 0.400. The SMILES string of the molecule is C#CCNC(C(=O)OCC)c1ccc(COC)cc1. The number of carbonyl (C=O) groups excluding carboxylic acids is 1. The zero-order valence-corrected chi connectivity index (χ0v) is 11.3. The second-order valence-electron chi connectivity index (χ2n) is 3.94. The zero-order chi connectivity index (χ0) is 14.1. The molecule has 0 radical (unpaired) electrons. The Hall–Kier alpha value is -1.83. The largest absolute Gasteiger partial charge is 0.465 e. The molecule has 0 aliphatic rings. The summed E-state index contributed by atoms with van der Waals surface area (Å²) in [6.07, 6.45) is 5.21. The Kier molecular flexibility index (Phi) is 6.65. The van der Waals surface area contributed by atoms with Crippen molar-refractivity contribution in [3.63, 3.8) is 0 Å². The lowest BCUT2D eigenvalue weighted by Crippen LogP contribution is -2.30. The van der Waals surface area contributed by atoms with Gasteiger partial charge in [-0.3, -0.25) is 5.32 Å². The van der Waals surface area contributed by atoms with Gasteiger partial charge in [0.05, 0.1) is 19.8 Å². The number of carbonyl (C=O) groups is 1. The minimum Gasteiger partial charge on any atom is -0.465 e. The summed E-state index contributed by atoms with van der Waals surface area (Å²) in [5.74, 6) is 2.14. The number of esters is 1. The molecule has 1 rings (SSSR count). The van der Waals surface area contributed by atoms with E-state index in [1.165, 1.54) is 0 Å². The molecule has 1 aromatic rings. The second kappa shape index (κ2) is 8.30. The molecule has 0 saturated heterocycles. The van der Waals surface area contributed by atoms with E-state index in [0.717, 1.165) is 11.1 Å². The van der Waals surface area contributed by atoms with Crippen LogP contribution in [0.3, 0.4) is 0 Å². The third-order valence-electron chi connectivity index (χ3n) is 2.55. The van der Waals surface area contributed by atoms with Crippen molar-refractivity contribution in [1.82, 2.24) is 5.32 Å². The van der Waals surface area contributed by atoms with E-state index < -0.39 is 6.04 Å². The van der Waals surface area contributed by atoms with Gasteiger partial charge >= 0.3 is 5.97 Å². The molecule has 0 amide bonds. The molecule has 0 aromatic heterocycles. The molecule has 102 valence electrons. The predicted molar refractivity (Wildman–Crippen MR) is 73.4 cm³/mol. The number of hydrogen-bond acceptors (Lipinski definition) is 4. The lowest BCUT2D eigenvalue weighted by Gasteiger charge is -2.16. The summed E-state index contributed by atoms with van der Waals surface area (Å²) in [5, 5.41) is 2.98. The predicted octanol–water partition coefficient (Wildman–Crippen LogP) is 1.66. The molecule has 0 aliphatic carbocycles. The molecule has 1 unspecified atom stereocenters. The van der Waals surface area contributed by atoms with Gasteiger partial charge in [0.1, 0.15) is 6.04 Å². The number of ether oxygens (including phenoxy) is 2. The molecule has 1 atom stereocenters. The lowest BCUT2D eigenvalue weighted by atomic mass is 10.0. The highest BCUT2D eigenvalue weighted by Gasteiger charge is 2.20. The normalized spacial score (nSPS) is 11.6. The third kappa shape index (κ3) is 4.74. The highest BCUT2D eigenvalue weighted by molar-refractivity contribution is 5.77. The van der Waals surface area contributed by atoms with Crippen molar-refractivity contribution in [2.24, 2.45) is 0 Å². The van der Waals surface area contributed by atoms with Gasteiger partial charge in [-0.1, -0.05) is 30.2 Å². The first kappa shape index (κ1) is 15.2. The van der Waals surface area contributed by atoms with Crippen LogP contribution in [0, 0.1) is 12.3 Å². The van der Waals surface area contributed by atoms with E-state index >= 15 is 0 Å². The van der Waals surface area contributed by atoms with Gasteiger partial charge < -0.3 is 9.47 Å². The zero-order valence-electron chi connectivity index (χ0n) is 11.3. The molecule has 0 heterocycles. The summed E-state index contributed by atoms with van der Waals surface area (Å²) in [4.78, 5) is 11.9. The van der Waals surface area contributed by atoms with Crippen LogP contribution in [0.5, 0.6) is 0 Å². The summed E-state index contributed by atoms with van der Waals surface area (Å²) in [6.45, 7) is 2.97. The molecule has 1 N–H and O–H groups in total. The van der Waals surface area contributed by atoms with Gasteiger partial charge in [0.2, 0.25) is 0 Å². The van der Waals surface area contributed by atoms with Gasteiger partial charge in [0, 0.05) is 7.11 Å². The van der Waals surface area contributed by atoms with Crippen LogP contribution in [0.4, 0.5) is 0 Å². The smallest absolute Gasteiger partial charge is 0.327 e. The quantitative estimate of drug-likeness (QED) is 0.599. The Bertz CT molecular complexity index is 434. The molecule has 0 fully saturated rings. The Morgan fingerprint density at radius 1 is 1.42 bits per heavy atom. The maximum Gasteiger partial charge on any atom is 0.327 e. The Labute approximate surface area is 114 Å². The first-order valence-electron chi connectivity index (χ1n) is 6.14. The Morgan fingerprint density at radius 2 is 2.11 bits per heavy atom. The molecule has 4 nitrogen and oxygen atoms in total. The van der Waals surface area contributed by atoms with Crippen LogP contribution in [-0.4, -0.2) is 26.2 Å². The van der Waals surface area contributed by atoms with E-state index in [1.807, 2.05) is 24.3 Å². The highest BCUT2D eigenvalue weighted by atomic mass is 16.5. The van der Waals surface area contributed by atoms with Gasteiger partial charge in [-0.15, -0.1) is 6.42 Å². The van der Waals surface area contributed by atoms with E-state index in [-0.39, 0.29) is 5.97 Å². The van der Waals surface area contributed by atoms with E-state index in [1.54, 1.807) is 14.0 Å². The molecular formula is C15H19NO3. The van der Waals surface area contributed by atoms with Crippen LogP contribution in [0.1, 0.15) is 24.1 Å². The van der Waals surface area contributed by atoms with Gasteiger partial charge in [-0.25, -0.2) is 4.79 Å². The van der Waals surface area contributed by atoms with Crippen LogP contribution in [-0.2, 0) is 20.9 Å². The van der Waals surface area contributed by atoms with Crippen molar-refractivity contribution in [2.75, 3.05) is 20.3 Å². The van der Waals surface area contributed by atoms with Crippen LogP contribution in [0.15, 0.2) is 24.3 Å². The number of benzene rings is 1. The monoisotopic (exact) mass is 261 g/mol. The van der Waals surface area contributed by atoms with Gasteiger partial charge in [0.15, 0.2) is 0 Å². The standard InChI is InChI=1S/C15H19NO3/c1-4-10-16-14(15(17)19-5-2)13-8-6-12(7-9-13)11-18-3/h1,6-9,14,16H,5,10-11H2,2-3H3. The van der Waals surface area contributed by atoms with Crippen molar-refractivity contribution in [2.45, 2.75) is 19.6 Å². The van der Waals surface area contributed by atoms with Crippen molar-refractivity contribution >= 4 is 5.97 Å². The molecule has 0 saturated carbocycles. The average molecular weight is 261 g/mol. The minimum atomic E-state index is -0.535. The Balaban J connectivity index is 2.84. The topological polar surface area (TPSA) is 47.6 Å². The first-order chi connectivity index (χ1) is 9.22. The fourth-order valence-electron chi connectivity index (χ4n) is 1.70. The summed E-state index contributed by atoms with van der Waals surface area (Å²) < 4.78 is 10.1. The number of rotatable bonds is 7. The second-order valence-corrected chi connectivity index (χ2v) is 3.94. The van der Waals surface area contributed by atoms with E-state index in [0.29, 0.717) is 19.8 Å². The molecule has 1 aromatic carbocycles. The van der Waals surface area contributed by atoms with Gasteiger partial charge in [-0.05, 0) is 18.1 Å². The maximum atomic E-state index is 11.9. The number of hydrogen-bond donors (Lipinski definition) is 1. The number of nitrogens with one attached hydrogen (secondary N) is 1. The van der Waals surface area contributed by atoms with Crippen molar-refractivity contribution in [3.05, 3.63) is 35.4 Å². The van der Waals surface area contributed by atoms with Gasteiger partial charge in [-0.2, -0.15) is 0 Å². The van der Waals surface area contributed by atoms with Crippen LogP contribution >= 0.6 is 0 Å². The fourth-order valence-corrected chi connectivity index (χ4v) is 1.70. The van der Waals surface area contributed by atoms with Crippen LogP contribution in [0.25, 0.3) is 0 Å².